The van der Waals surface area contributed by atoms with Crippen molar-refractivity contribution >= 4 is 35.3 Å². The van der Waals surface area contributed by atoms with Crippen LogP contribution in [0.2, 0.25) is 0 Å². The van der Waals surface area contributed by atoms with Crippen LogP contribution in [0.15, 0.2) is 0 Å². The van der Waals surface area contributed by atoms with Gasteiger partial charge in [0.25, 0.3) is 0 Å². The van der Waals surface area contributed by atoms with Crippen LogP contribution in [-0.4, -0.2) is 22.3 Å². The largest absolute Gasteiger partial charge is 0.308 e. The summed E-state index contributed by atoms with van der Waals surface area (Å²) in [5.41, 5.74) is 0. The fourth-order valence-corrected chi connectivity index (χ4v) is 0.734. The van der Waals surface area contributed by atoms with Gasteiger partial charge in [-0.25, -0.2) is 0 Å². The minimum absolute atomic E-state index is 0.220. The molecular formula is C6H6Cl2F2O2. The zero-order valence-corrected chi connectivity index (χ0v) is 7.62. The molecule has 0 aromatic rings. The highest BCUT2D eigenvalue weighted by molar-refractivity contribution is 6.66. The molecule has 0 atom stereocenters. The van der Waals surface area contributed by atoms with Gasteiger partial charge < -0.3 is 0 Å². The van der Waals surface area contributed by atoms with Gasteiger partial charge in [0.1, 0.15) is 0 Å². The summed E-state index contributed by atoms with van der Waals surface area (Å²) < 4.78 is 22.5. The lowest BCUT2D eigenvalue weighted by Crippen LogP contribution is -2.41. The van der Waals surface area contributed by atoms with Crippen LogP contribution in [0.4, 0.5) is 8.78 Å². The van der Waals surface area contributed by atoms with E-state index in [1.807, 2.05) is 0 Å². The topological polar surface area (TPSA) is 34.1 Å². The van der Waals surface area contributed by atoms with Crippen LogP contribution in [0.1, 0.15) is 13.3 Å². The molecule has 0 aliphatic heterocycles. The van der Waals surface area contributed by atoms with E-state index in [4.69, 9.17) is 23.2 Å². The monoisotopic (exact) mass is 218 g/mol. The summed E-state index contributed by atoms with van der Waals surface area (Å²) in [5, 5.41) is 0. The second kappa shape index (κ2) is 3.66. The molecule has 0 unspecified atom stereocenters. The Bertz CT molecular complexity index is 204. The molecule has 0 saturated carbocycles. The fourth-order valence-electron chi connectivity index (χ4n) is 0.458. The SMILES string of the molecule is CCC(F)(F)C(=O)C(Cl)(Cl)C=O. The molecule has 0 fully saturated rings. The summed E-state index contributed by atoms with van der Waals surface area (Å²) >= 11 is 10.0. The first-order valence-corrected chi connectivity index (χ1v) is 3.80. The first-order valence-electron chi connectivity index (χ1n) is 3.05. The van der Waals surface area contributed by atoms with Gasteiger partial charge in [0.05, 0.1) is 0 Å². The van der Waals surface area contributed by atoms with E-state index in [2.05, 4.69) is 0 Å². The minimum atomic E-state index is -3.65. The van der Waals surface area contributed by atoms with E-state index < -0.39 is 22.5 Å². The third-order valence-corrected chi connectivity index (χ3v) is 1.75. The molecule has 0 aromatic heterocycles. The van der Waals surface area contributed by atoms with Gasteiger partial charge in [0.15, 0.2) is 6.29 Å². The fraction of sp³-hybridized carbons (Fsp3) is 0.667. The Morgan fingerprint density at radius 2 is 1.92 bits per heavy atom. The second-order valence-corrected chi connectivity index (χ2v) is 3.51. The molecule has 2 nitrogen and oxygen atoms in total. The van der Waals surface area contributed by atoms with E-state index >= 15 is 0 Å². The van der Waals surface area contributed by atoms with Crippen LogP contribution in [0, 0.1) is 0 Å². The molecule has 0 N–H and O–H groups in total. The summed E-state index contributed by atoms with van der Waals surface area (Å²) in [5.74, 6) is -5.43. The minimum Gasteiger partial charge on any atom is -0.299 e. The average Bonchev–Trinajstić information content (AvgIpc) is 2.03. The zero-order chi connectivity index (χ0) is 9.99. The van der Waals surface area contributed by atoms with Gasteiger partial charge in [0.2, 0.25) is 10.1 Å². The molecule has 0 spiro atoms. The van der Waals surface area contributed by atoms with Gasteiger partial charge in [-0.2, -0.15) is 8.78 Å². The highest BCUT2D eigenvalue weighted by Crippen LogP contribution is 2.30. The maximum Gasteiger partial charge on any atom is 0.308 e. The maximum atomic E-state index is 12.6. The Kier molecular flexibility index (Phi) is 3.59. The summed E-state index contributed by atoms with van der Waals surface area (Å²) in [6.07, 6.45) is -0.955. The number of alkyl halides is 4. The lowest BCUT2D eigenvalue weighted by atomic mass is 10.1. The number of rotatable bonds is 4. The van der Waals surface area contributed by atoms with Crippen LogP contribution in [0.25, 0.3) is 0 Å². The van der Waals surface area contributed by atoms with Crippen molar-refractivity contribution < 1.29 is 18.4 Å². The molecule has 0 rings (SSSR count). The number of hydrogen-bond donors (Lipinski definition) is 0. The number of ketones is 1. The standard InChI is InChI=1S/C6H6Cl2F2O2/c1-2-6(9,10)4(12)5(7,8)3-11/h3H,2H2,1H3. The lowest BCUT2D eigenvalue weighted by Gasteiger charge is -2.17. The van der Waals surface area contributed by atoms with Crippen LogP contribution in [-0.2, 0) is 9.59 Å². The molecule has 6 heteroatoms. The summed E-state index contributed by atoms with van der Waals surface area (Å²) in [4.78, 5) is 20.7. The summed E-state index contributed by atoms with van der Waals surface area (Å²) in [7, 11) is 0. The molecule has 0 aliphatic rings. The Labute approximate surface area is 77.8 Å². The number of aldehydes is 1. The van der Waals surface area contributed by atoms with Gasteiger partial charge >= 0.3 is 5.92 Å². The Balaban J connectivity index is 4.71. The van der Waals surface area contributed by atoms with Crippen LogP contribution < -0.4 is 0 Å². The highest BCUT2D eigenvalue weighted by Gasteiger charge is 2.49. The molecule has 0 amide bonds. The van der Waals surface area contributed by atoms with Crippen molar-refractivity contribution in [3.63, 3.8) is 0 Å². The Morgan fingerprint density at radius 3 is 2.17 bits per heavy atom. The van der Waals surface area contributed by atoms with Gasteiger partial charge in [-0.3, -0.25) is 9.59 Å². The molecule has 0 bridgehead atoms. The van der Waals surface area contributed by atoms with Crippen LogP contribution in [0.5, 0.6) is 0 Å². The third kappa shape index (κ3) is 2.38. The van der Waals surface area contributed by atoms with Crippen molar-refractivity contribution in [2.45, 2.75) is 23.6 Å². The van der Waals surface area contributed by atoms with Gasteiger partial charge in [-0.05, 0) is 0 Å². The number of halogens is 4. The van der Waals surface area contributed by atoms with Crippen molar-refractivity contribution in [3.05, 3.63) is 0 Å². The third-order valence-electron chi connectivity index (χ3n) is 1.23. The summed E-state index contributed by atoms with van der Waals surface area (Å²) in [6.45, 7) is 1.09. The number of carbonyl (C=O) groups excluding carboxylic acids is 2. The first-order chi connectivity index (χ1) is 5.28. The van der Waals surface area contributed by atoms with E-state index in [0.717, 1.165) is 6.92 Å². The van der Waals surface area contributed by atoms with Crippen molar-refractivity contribution in [2.75, 3.05) is 0 Å². The van der Waals surface area contributed by atoms with Gasteiger partial charge in [0, 0.05) is 6.42 Å². The number of hydrogen-bond acceptors (Lipinski definition) is 2. The number of Topliss-reactive ketones (excluding diaryl/α,β-unsaturated/α-hetero) is 1. The van der Waals surface area contributed by atoms with E-state index in [1.165, 1.54) is 0 Å². The van der Waals surface area contributed by atoms with Crippen LogP contribution in [0.3, 0.4) is 0 Å². The Hall–Kier alpha value is -0.220. The van der Waals surface area contributed by atoms with E-state index in [0.29, 0.717) is 0 Å². The molecule has 0 aromatic carbocycles. The smallest absolute Gasteiger partial charge is 0.299 e. The van der Waals surface area contributed by atoms with Crippen molar-refractivity contribution in [1.82, 2.24) is 0 Å². The maximum absolute atomic E-state index is 12.6. The molecule has 0 heterocycles. The molecule has 0 saturated heterocycles. The van der Waals surface area contributed by atoms with E-state index in [1.54, 1.807) is 0 Å². The Morgan fingerprint density at radius 1 is 1.50 bits per heavy atom. The lowest BCUT2D eigenvalue weighted by molar-refractivity contribution is -0.145. The molecular weight excluding hydrogens is 213 g/mol. The molecule has 0 aliphatic carbocycles. The van der Waals surface area contributed by atoms with Crippen LogP contribution >= 0.6 is 23.2 Å². The molecule has 70 valence electrons. The average molecular weight is 219 g/mol. The highest BCUT2D eigenvalue weighted by atomic mass is 35.5. The van der Waals surface area contributed by atoms with E-state index in [9.17, 15) is 18.4 Å². The molecule has 0 radical (unpaired) electrons. The van der Waals surface area contributed by atoms with Crippen molar-refractivity contribution in [2.24, 2.45) is 0 Å². The second-order valence-electron chi connectivity index (χ2n) is 2.13. The normalized spacial score (nSPS) is 12.8. The van der Waals surface area contributed by atoms with Crippen molar-refractivity contribution in [3.8, 4) is 0 Å². The van der Waals surface area contributed by atoms with Gasteiger partial charge in [-0.15, -0.1) is 0 Å². The van der Waals surface area contributed by atoms with E-state index in [-0.39, 0.29) is 6.29 Å². The zero-order valence-electron chi connectivity index (χ0n) is 6.11. The summed E-state index contributed by atoms with van der Waals surface area (Å²) in [6, 6.07) is 0. The number of carbonyl (C=O) groups is 2. The van der Waals surface area contributed by atoms with Gasteiger partial charge in [-0.1, -0.05) is 30.1 Å². The predicted molar refractivity (Wildman–Crippen MR) is 40.7 cm³/mol. The quantitative estimate of drug-likeness (QED) is 0.411. The molecule has 12 heavy (non-hydrogen) atoms. The predicted octanol–water partition coefficient (Wildman–Crippen LogP) is 1.97. The first kappa shape index (κ1) is 11.8. The van der Waals surface area contributed by atoms with Crippen molar-refractivity contribution in [1.29, 1.82) is 0 Å².